The van der Waals surface area contributed by atoms with Gasteiger partial charge in [0.1, 0.15) is 0 Å². The molecule has 0 radical (unpaired) electrons. The van der Waals surface area contributed by atoms with Gasteiger partial charge in [-0.3, -0.25) is 4.79 Å². The van der Waals surface area contributed by atoms with E-state index in [4.69, 9.17) is 0 Å². The number of fused-ring (bicyclic) bond motifs is 3. The van der Waals surface area contributed by atoms with Gasteiger partial charge in [-0.1, -0.05) is 30.3 Å². The Labute approximate surface area is 178 Å². The third-order valence-corrected chi connectivity index (χ3v) is 7.81. The SMILES string of the molecule is CN(C)S(=O)(=O)c1cc(C(=O)Nc2ccc3c(c2)Cc2ccccc2-3)ccc1Br. The minimum atomic E-state index is -3.67. The van der Waals surface area contributed by atoms with E-state index >= 15 is 0 Å². The number of sulfonamides is 1. The number of nitrogens with one attached hydrogen (secondary N) is 1. The van der Waals surface area contributed by atoms with Crippen molar-refractivity contribution in [3.63, 3.8) is 0 Å². The monoisotopic (exact) mass is 470 g/mol. The number of anilines is 1. The first-order valence-electron chi connectivity index (χ1n) is 9.02. The Morgan fingerprint density at radius 3 is 2.45 bits per heavy atom. The molecule has 0 aromatic heterocycles. The molecule has 0 saturated carbocycles. The Bertz CT molecular complexity index is 1240. The Balaban J connectivity index is 1.61. The summed E-state index contributed by atoms with van der Waals surface area (Å²) in [5.74, 6) is -0.358. The van der Waals surface area contributed by atoms with Crippen molar-refractivity contribution in [1.82, 2.24) is 4.31 Å². The van der Waals surface area contributed by atoms with E-state index in [0.717, 1.165) is 16.3 Å². The molecule has 0 saturated heterocycles. The summed E-state index contributed by atoms with van der Waals surface area (Å²) < 4.78 is 26.5. The molecule has 3 aromatic rings. The van der Waals surface area contributed by atoms with Gasteiger partial charge in [0, 0.05) is 29.8 Å². The minimum absolute atomic E-state index is 0.0551. The number of halogens is 1. The number of rotatable bonds is 4. The average Bonchev–Trinajstić information content (AvgIpc) is 3.05. The van der Waals surface area contributed by atoms with Gasteiger partial charge in [0.05, 0.1) is 4.90 Å². The molecule has 3 aromatic carbocycles. The summed E-state index contributed by atoms with van der Waals surface area (Å²) in [5, 5.41) is 2.88. The molecule has 4 rings (SSSR count). The number of hydrogen-bond donors (Lipinski definition) is 1. The standard InChI is InChI=1S/C22H19BrN2O3S/c1-25(2)29(27,28)21-13-15(7-10-20(21)23)22(26)24-17-8-9-19-16(12-17)11-14-5-3-4-6-18(14)19/h3-10,12-13H,11H2,1-2H3,(H,24,26). The largest absolute Gasteiger partial charge is 0.322 e. The lowest BCUT2D eigenvalue weighted by Gasteiger charge is -2.14. The van der Waals surface area contributed by atoms with Crippen molar-refractivity contribution in [3.8, 4) is 11.1 Å². The van der Waals surface area contributed by atoms with Gasteiger partial charge in [-0.15, -0.1) is 0 Å². The van der Waals surface area contributed by atoms with Crippen LogP contribution in [0.1, 0.15) is 21.5 Å². The lowest BCUT2D eigenvalue weighted by Crippen LogP contribution is -2.23. The topological polar surface area (TPSA) is 66.5 Å². The van der Waals surface area contributed by atoms with E-state index in [1.54, 1.807) is 12.1 Å². The predicted octanol–water partition coefficient (Wildman–Crippen LogP) is 4.52. The Hall–Kier alpha value is -2.48. The van der Waals surface area contributed by atoms with Crippen LogP contribution in [-0.4, -0.2) is 32.7 Å². The van der Waals surface area contributed by atoms with Crippen LogP contribution in [0.15, 0.2) is 70.0 Å². The van der Waals surface area contributed by atoms with Gasteiger partial charge in [-0.05, 0) is 74.9 Å². The highest BCUT2D eigenvalue weighted by molar-refractivity contribution is 9.10. The summed E-state index contributed by atoms with van der Waals surface area (Å²) in [7, 11) is -0.758. The molecule has 0 aliphatic heterocycles. The number of carbonyl (C=O) groups is 1. The Morgan fingerprint density at radius 1 is 0.966 bits per heavy atom. The Morgan fingerprint density at radius 2 is 1.69 bits per heavy atom. The van der Waals surface area contributed by atoms with Crippen molar-refractivity contribution < 1.29 is 13.2 Å². The number of carbonyl (C=O) groups excluding carboxylic acids is 1. The van der Waals surface area contributed by atoms with Crippen LogP contribution in [0.2, 0.25) is 0 Å². The fourth-order valence-corrected chi connectivity index (χ4v) is 5.31. The lowest BCUT2D eigenvalue weighted by atomic mass is 10.1. The summed E-state index contributed by atoms with van der Waals surface area (Å²) in [4.78, 5) is 12.8. The molecule has 0 bridgehead atoms. The molecule has 1 aliphatic rings. The second kappa shape index (κ2) is 7.40. The fraction of sp³-hybridized carbons (Fsp3) is 0.136. The zero-order valence-corrected chi connectivity index (χ0v) is 18.3. The molecule has 1 aliphatic carbocycles. The van der Waals surface area contributed by atoms with Crippen molar-refractivity contribution in [2.45, 2.75) is 11.3 Å². The molecule has 29 heavy (non-hydrogen) atoms. The zero-order valence-electron chi connectivity index (χ0n) is 15.9. The first kappa shape index (κ1) is 19.8. The van der Waals surface area contributed by atoms with Crippen LogP contribution >= 0.6 is 15.9 Å². The maximum absolute atomic E-state index is 12.8. The van der Waals surface area contributed by atoms with E-state index in [-0.39, 0.29) is 16.4 Å². The maximum atomic E-state index is 12.8. The third kappa shape index (κ3) is 3.61. The molecule has 1 N–H and O–H groups in total. The first-order chi connectivity index (χ1) is 13.8. The van der Waals surface area contributed by atoms with Crippen LogP contribution in [0.3, 0.4) is 0 Å². The van der Waals surface area contributed by atoms with E-state index < -0.39 is 10.0 Å². The van der Waals surface area contributed by atoms with Crippen LogP contribution in [0.5, 0.6) is 0 Å². The van der Waals surface area contributed by atoms with Gasteiger partial charge in [-0.2, -0.15) is 0 Å². The number of nitrogens with zero attached hydrogens (tertiary/aromatic N) is 1. The molecular formula is C22H19BrN2O3S. The van der Waals surface area contributed by atoms with Gasteiger partial charge >= 0.3 is 0 Å². The summed E-state index contributed by atoms with van der Waals surface area (Å²) >= 11 is 3.26. The zero-order chi connectivity index (χ0) is 20.8. The summed E-state index contributed by atoms with van der Waals surface area (Å²) in [6, 6.07) is 18.7. The molecule has 148 valence electrons. The molecule has 1 amide bonds. The van der Waals surface area contributed by atoms with Crippen molar-refractivity contribution in [2.75, 3.05) is 19.4 Å². The molecular weight excluding hydrogens is 452 g/mol. The highest BCUT2D eigenvalue weighted by Crippen LogP contribution is 2.37. The second-order valence-corrected chi connectivity index (χ2v) is 10.1. The van der Waals surface area contributed by atoms with Crippen molar-refractivity contribution in [2.24, 2.45) is 0 Å². The number of amides is 1. The van der Waals surface area contributed by atoms with Gasteiger partial charge in [0.2, 0.25) is 10.0 Å². The second-order valence-electron chi connectivity index (χ2n) is 7.09. The summed E-state index contributed by atoms with van der Waals surface area (Å²) in [6.07, 6.45) is 0.832. The smallest absolute Gasteiger partial charge is 0.255 e. The van der Waals surface area contributed by atoms with Gasteiger partial charge in [-0.25, -0.2) is 12.7 Å². The normalized spacial score (nSPS) is 12.6. The number of benzene rings is 3. The van der Waals surface area contributed by atoms with Crippen LogP contribution in [0.25, 0.3) is 11.1 Å². The van der Waals surface area contributed by atoms with E-state index in [2.05, 4.69) is 33.4 Å². The third-order valence-electron chi connectivity index (χ3n) is 5.00. The lowest BCUT2D eigenvalue weighted by molar-refractivity contribution is 0.102. The number of hydrogen-bond acceptors (Lipinski definition) is 3. The van der Waals surface area contributed by atoms with E-state index in [0.29, 0.717) is 10.2 Å². The average molecular weight is 471 g/mol. The summed E-state index contributed by atoms with van der Waals surface area (Å²) in [5.41, 5.74) is 5.81. The van der Waals surface area contributed by atoms with E-state index in [9.17, 15) is 13.2 Å². The molecule has 0 atom stereocenters. The molecule has 0 unspecified atom stereocenters. The molecule has 0 spiro atoms. The Kier molecular flexibility index (Phi) is 5.06. The van der Waals surface area contributed by atoms with E-state index in [1.807, 2.05) is 30.3 Å². The molecule has 5 nitrogen and oxygen atoms in total. The van der Waals surface area contributed by atoms with Crippen LogP contribution in [0.4, 0.5) is 5.69 Å². The molecule has 0 heterocycles. The van der Waals surface area contributed by atoms with Crippen molar-refractivity contribution in [1.29, 1.82) is 0 Å². The van der Waals surface area contributed by atoms with E-state index in [1.165, 1.54) is 36.9 Å². The highest BCUT2D eigenvalue weighted by atomic mass is 79.9. The first-order valence-corrected chi connectivity index (χ1v) is 11.3. The van der Waals surface area contributed by atoms with Crippen LogP contribution in [0, 0.1) is 0 Å². The minimum Gasteiger partial charge on any atom is -0.322 e. The predicted molar refractivity (Wildman–Crippen MR) is 118 cm³/mol. The maximum Gasteiger partial charge on any atom is 0.255 e. The molecule has 7 heteroatoms. The van der Waals surface area contributed by atoms with Crippen molar-refractivity contribution >= 4 is 37.5 Å². The van der Waals surface area contributed by atoms with Gasteiger partial charge < -0.3 is 5.32 Å². The quantitative estimate of drug-likeness (QED) is 0.476. The molecule has 0 fully saturated rings. The summed E-state index contributed by atoms with van der Waals surface area (Å²) in [6.45, 7) is 0. The van der Waals surface area contributed by atoms with Gasteiger partial charge in [0.15, 0.2) is 0 Å². The fourth-order valence-electron chi connectivity index (χ4n) is 3.47. The van der Waals surface area contributed by atoms with Crippen LogP contribution < -0.4 is 5.32 Å². The highest BCUT2D eigenvalue weighted by Gasteiger charge is 2.23. The van der Waals surface area contributed by atoms with Crippen LogP contribution in [-0.2, 0) is 16.4 Å². The van der Waals surface area contributed by atoms with Gasteiger partial charge in [0.25, 0.3) is 5.91 Å². The van der Waals surface area contributed by atoms with Crippen molar-refractivity contribution in [3.05, 3.63) is 81.8 Å².